The average Bonchev–Trinajstić information content (AvgIpc) is 2.62. The number of carbonyl (C=O) groups is 1. The highest BCUT2D eigenvalue weighted by Crippen LogP contribution is 2.37. The fourth-order valence-electron chi connectivity index (χ4n) is 2.28. The first-order valence-electron chi connectivity index (χ1n) is 7.96. The Morgan fingerprint density at radius 2 is 1.58 bits per heavy atom. The quantitative estimate of drug-likeness (QED) is 0.772. The standard InChI is InChI=1S/C19H22ClNO5/c1-11(2)26-18-16(20)6-12(7-17(18)25-5)19(22)21-13-8-14(23-3)10-15(9-13)24-4/h6-11H,1-5H3,(H,21,22). The van der Waals surface area contributed by atoms with Crippen molar-refractivity contribution in [1.29, 1.82) is 0 Å². The Morgan fingerprint density at radius 1 is 0.962 bits per heavy atom. The van der Waals surface area contributed by atoms with E-state index >= 15 is 0 Å². The fraction of sp³-hybridized carbons (Fsp3) is 0.316. The maximum absolute atomic E-state index is 12.6. The molecule has 0 aliphatic heterocycles. The van der Waals surface area contributed by atoms with Crippen molar-refractivity contribution < 1.29 is 23.7 Å². The first-order valence-corrected chi connectivity index (χ1v) is 8.34. The predicted octanol–water partition coefficient (Wildman–Crippen LogP) is 4.41. The minimum absolute atomic E-state index is 0.0784. The summed E-state index contributed by atoms with van der Waals surface area (Å²) in [6, 6.07) is 8.21. The highest BCUT2D eigenvalue weighted by Gasteiger charge is 2.17. The number of amides is 1. The lowest BCUT2D eigenvalue weighted by Crippen LogP contribution is -2.13. The summed E-state index contributed by atoms with van der Waals surface area (Å²) in [6.07, 6.45) is -0.0784. The molecule has 0 unspecified atom stereocenters. The van der Waals surface area contributed by atoms with Gasteiger partial charge in [-0.3, -0.25) is 4.79 Å². The van der Waals surface area contributed by atoms with E-state index in [9.17, 15) is 4.79 Å². The summed E-state index contributed by atoms with van der Waals surface area (Å²) < 4.78 is 21.4. The van der Waals surface area contributed by atoms with E-state index in [2.05, 4.69) is 5.32 Å². The van der Waals surface area contributed by atoms with Crippen LogP contribution in [0.5, 0.6) is 23.0 Å². The fourth-order valence-corrected chi connectivity index (χ4v) is 2.54. The molecule has 0 heterocycles. The second kappa shape index (κ2) is 8.67. The van der Waals surface area contributed by atoms with Crippen LogP contribution in [0.2, 0.25) is 5.02 Å². The van der Waals surface area contributed by atoms with Gasteiger partial charge in [0.1, 0.15) is 11.5 Å². The van der Waals surface area contributed by atoms with Crippen molar-refractivity contribution in [3.63, 3.8) is 0 Å². The summed E-state index contributed by atoms with van der Waals surface area (Å²) in [6.45, 7) is 3.76. The molecule has 0 atom stereocenters. The molecule has 1 amide bonds. The van der Waals surface area contributed by atoms with Crippen LogP contribution in [0, 0.1) is 0 Å². The number of nitrogens with one attached hydrogen (secondary N) is 1. The summed E-state index contributed by atoms with van der Waals surface area (Å²) in [5.41, 5.74) is 0.869. The number of halogens is 1. The molecule has 0 radical (unpaired) electrons. The van der Waals surface area contributed by atoms with E-state index < -0.39 is 0 Å². The van der Waals surface area contributed by atoms with E-state index in [0.717, 1.165) is 0 Å². The summed E-state index contributed by atoms with van der Waals surface area (Å²) in [4.78, 5) is 12.6. The van der Waals surface area contributed by atoms with Crippen LogP contribution in [-0.4, -0.2) is 33.3 Å². The molecular weight excluding hydrogens is 358 g/mol. The highest BCUT2D eigenvalue weighted by atomic mass is 35.5. The van der Waals surface area contributed by atoms with Gasteiger partial charge in [0.2, 0.25) is 0 Å². The molecule has 6 nitrogen and oxygen atoms in total. The normalized spacial score (nSPS) is 10.4. The van der Waals surface area contributed by atoms with Crippen molar-refractivity contribution in [1.82, 2.24) is 0 Å². The van der Waals surface area contributed by atoms with Gasteiger partial charge in [-0.25, -0.2) is 0 Å². The van der Waals surface area contributed by atoms with Gasteiger partial charge in [0.05, 0.1) is 32.5 Å². The molecule has 0 bridgehead atoms. The summed E-state index contributed by atoms with van der Waals surface area (Å²) in [5, 5.41) is 3.09. The van der Waals surface area contributed by atoms with E-state index in [1.54, 1.807) is 38.5 Å². The number of carbonyl (C=O) groups excluding carboxylic acids is 1. The van der Waals surface area contributed by atoms with Gasteiger partial charge >= 0.3 is 0 Å². The minimum atomic E-state index is -0.350. The van der Waals surface area contributed by atoms with E-state index in [4.69, 9.17) is 30.5 Å². The zero-order valence-electron chi connectivity index (χ0n) is 15.4. The van der Waals surface area contributed by atoms with Gasteiger partial charge in [0.15, 0.2) is 11.5 Å². The molecule has 2 aromatic rings. The zero-order chi connectivity index (χ0) is 19.3. The van der Waals surface area contributed by atoms with E-state index in [-0.39, 0.29) is 12.0 Å². The van der Waals surface area contributed by atoms with E-state index in [0.29, 0.717) is 39.3 Å². The number of benzene rings is 2. The lowest BCUT2D eigenvalue weighted by Gasteiger charge is -2.16. The Balaban J connectivity index is 2.31. The summed E-state index contributed by atoms with van der Waals surface area (Å²) in [7, 11) is 4.57. The van der Waals surface area contributed by atoms with Crippen LogP contribution in [0.3, 0.4) is 0 Å². The van der Waals surface area contributed by atoms with Crippen molar-refractivity contribution in [2.45, 2.75) is 20.0 Å². The summed E-state index contributed by atoms with van der Waals surface area (Å²) >= 11 is 6.27. The van der Waals surface area contributed by atoms with E-state index in [1.807, 2.05) is 13.8 Å². The zero-order valence-corrected chi connectivity index (χ0v) is 16.1. The van der Waals surface area contributed by atoms with Gasteiger partial charge in [-0.15, -0.1) is 0 Å². The van der Waals surface area contributed by atoms with Crippen molar-refractivity contribution in [3.8, 4) is 23.0 Å². The smallest absolute Gasteiger partial charge is 0.255 e. The predicted molar refractivity (Wildman–Crippen MR) is 101 cm³/mol. The topological polar surface area (TPSA) is 66.0 Å². The first kappa shape index (κ1) is 19.7. The lowest BCUT2D eigenvalue weighted by molar-refractivity contribution is 0.102. The van der Waals surface area contributed by atoms with Crippen LogP contribution in [0.15, 0.2) is 30.3 Å². The van der Waals surface area contributed by atoms with E-state index in [1.165, 1.54) is 13.2 Å². The Hall–Kier alpha value is -2.60. The Labute approximate surface area is 158 Å². The molecule has 0 saturated carbocycles. The Morgan fingerprint density at radius 3 is 2.08 bits per heavy atom. The highest BCUT2D eigenvalue weighted by molar-refractivity contribution is 6.32. The molecule has 0 aliphatic carbocycles. The van der Waals surface area contributed by atoms with Gasteiger partial charge in [0, 0.05) is 29.4 Å². The number of anilines is 1. The van der Waals surface area contributed by atoms with Gasteiger partial charge in [0.25, 0.3) is 5.91 Å². The molecule has 0 aromatic heterocycles. The monoisotopic (exact) mass is 379 g/mol. The summed E-state index contributed by atoms with van der Waals surface area (Å²) in [5.74, 6) is 1.58. The SMILES string of the molecule is COc1cc(NC(=O)c2cc(Cl)c(OC(C)C)c(OC)c2)cc(OC)c1. The number of ether oxygens (including phenoxy) is 4. The van der Waals surface area contributed by atoms with Crippen LogP contribution in [0.4, 0.5) is 5.69 Å². The van der Waals surface area contributed by atoms with Gasteiger partial charge < -0.3 is 24.3 Å². The molecular formula is C19H22ClNO5. The van der Waals surface area contributed by atoms with Crippen molar-refractivity contribution in [3.05, 3.63) is 40.9 Å². The van der Waals surface area contributed by atoms with Gasteiger partial charge in [-0.1, -0.05) is 11.6 Å². The van der Waals surface area contributed by atoms with Crippen molar-refractivity contribution in [2.75, 3.05) is 26.6 Å². The maximum Gasteiger partial charge on any atom is 0.255 e. The Bertz CT molecular complexity index is 769. The van der Waals surface area contributed by atoms with Crippen molar-refractivity contribution >= 4 is 23.2 Å². The van der Waals surface area contributed by atoms with Crippen LogP contribution in [0.25, 0.3) is 0 Å². The van der Waals surface area contributed by atoms with Gasteiger partial charge in [-0.2, -0.15) is 0 Å². The van der Waals surface area contributed by atoms with Crippen LogP contribution in [0.1, 0.15) is 24.2 Å². The molecule has 0 spiro atoms. The number of methoxy groups -OCH3 is 3. The Kier molecular flexibility index (Phi) is 6.58. The molecule has 2 rings (SSSR count). The molecule has 140 valence electrons. The molecule has 0 fully saturated rings. The molecule has 0 aliphatic rings. The first-order chi connectivity index (χ1) is 12.4. The number of rotatable bonds is 7. The molecule has 7 heteroatoms. The second-order valence-corrected chi connectivity index (χ2v) is 6.12. The maximum atomic E-state index is 12.6. The number of hydrogen-bond donors (Lipinski definition) is 1. The third-order valence-corrected chi connectivity index (χ3v) is 3.74. The lowest BCUT2D eigenvalue weighted by atomic mass is 10.1. The third-order valence-electron chi connectivity index (χ3n) is 3.45. The van der Waals surface area contributed by atoms with Crippen LogP contribution >= 0.6 is 11.6 Å². The van der Waals surface area contributed by atoms with Crippen LogP contribution in [-0.2, 0) is 0 Å². The van der Waals surface area contributed by atoms with Crippen molar-refractivity contribution in [2.24, 2.45) is 0 Å². The second-order valence-electron chi connectivity index (χ2n) is 5.71. The molecule has 26 heavy (non-hydrogen) atoms. The third kappa shape index (κ3) is 4.73. The minimum Gasteiger partial charge on any atom is -0.497 e. The molecule has 2 aromatic carbocycles. The number of hydrogen-bond acceptors (Lipinski definition) is 5. The van der Waals surface area contributed by atoms with Crippen LogP contribution < -0.4 is 24.3 Å². The molecule has 0 saturated heterocycles. The van der Waals surface area contributed by atoms with Gasteiger partial charge in [-0.05, 0) is 26.0 Å². The average molecular weight is 380 g/mol. The largest absolute Gasteiger partial charge is 0.497 e. The molecule has 1 N–H and O–H groups in total.